The van der Waals surface area contributed by atoms with Crippen molar-refractivity contribution in [3.8, 4) is 0 Å². The first kappa shape index (κ1) is 14.9. The highest BCUT2D eigenvalue weighted by Crippen LogP contribution is 2.12. The van der Waals surface area contributed by atoms with E-state index in [2.05, 4.69) is 9.82 Å². The van der Waals surface area contributed by atoms with Crippen LogP contribution >= 0.6 is 0 Å². The highest BCUT2D eigenvalue weighted by molar-refractivity contribution is 7.90. The Labute approximate surface area is 108 Å². The number of hydrogen-bond donors (Lipinski definition) is 2. The van der Waals surface area contributed by atoms with Crippen LogP contribution in [0.25, 0.3) is 0 Å². The van der Waals surface area contributed by atoms with Crippen LogP contribution in [0.5, 0.6) is 0 Å². The summed E-state index contributed by atoms with van der Waals surface area (Å²) in [6.07, 6.45) is 3.79. The highest BCUT2D eigenvalue weighted by Gasteiger charge is 2.17. The van der Waals surface area contributed by atoms with Crippen molar-refractivity contribution in [2.24, 2.45) is 5.73 Å². The molecule has 18 heavy (non-hydrogen) atoms. The van der Waals surface area contributed by atoms with Gasteiger partial charge in [-0.3, -0.25) is 9.40 Å². The molecule has 0 atom stereocenters. The molecule has 0 radical (unpaired) electrons. The summed E-state index contributed by atoms with van der Waals surface area (Å²) < 4.78 is 29.3. The topological polar surface area (TPSA) is 93.2 Å². The van der Waals surface area contributed by atoms with E-state index in [0.717, 1.165) is 0 Å². The van der Waals surface area contributed by atoms with Crippen LogP contribution in [0.2, 0.25) is 0 Å². The third-order valence-corrected chi connectivity index (χ3v) is 3.96. The van der Waals surface area contributed by atoms with Crippen LogP contribution in [-0.2, 0) is 10.2 Å². The van der Waals surface area contributed by atoms with Crippen LogP contribution in [0.15, 0.2) is 12.4 Å². The normalized spacial score (nSPS) is 12.3. The number of rotatable bonds is 7. The summed E-state index contributed by atoms with van der Waals surface area (Å²) in [6, 6.07) is 0.193. The van der Waals surface area contributed by atoms with Gasteiger partial charge in [0.1, 0.15) is 0 Å². The minimum absolute atomic E-state index is 0.193. The van der Waals surface area contributed by atoms with Crippen molar-refractivity contribution in [1.29, 1.82) is 0 Å². The number of nitrogens with zero attached hydrogens (tertiary/aromatic N) is 3. The molecule has 0 spiro atoms. The molecule has 8 heteroatoms. The van der Waals surface area contributed by atoms with Gasteiger partial charge < -0.3 is 5.73 Å². The summed E-state index contributed by atoms with van der Waals surface area (Å²) in [5, 5.41) is 4.07. The lowest BCUT2D eigenvalue weighted by Crippen LogP contribution is -2.34. The van der Waals surface area contributed by atoms with Crippen LogP contribution in [0, 0.1) is 0 Å². The van der Waals surface area contributed by atoms with Gasteiger partial charge in [-0.1, -0.05) is 0 Å². The first-order valence-electron chi connectivity index (χ1n) is 5.85. The van der Waals surface area contributed by atoms with Gasteiger partial charge in [-0.2, -0.15) is 17.8 Å². The molecule has 0 aliphatic rings. The van der Waals surface area contributed by atoms with Crippen molar-refractivity contribution in [3.05, 3.63) is 12.4 Å². The van der Waals surface area contributed by atoms with Crippen molar-refractivity contribution in [1.82, 2.24) is 14.1 Å². The van der Waals surface area contributed by atoms with E-state index in [9.17, 15) is 8.42 Å². The molecule has 0 saturated heterocycles. The zero-order valence-corrected chi connectivity index (χ0v) is 11.8. The molecular weight excluding hydrogens is 254 g/mol. The second-order valence-corrected chi connectivity index (χ2v) is 6.15. The monoisotopic (exact) mass is 275 g/mol. The molecule has 7 nitrogen and oxygen atoms in total. The minimum atomic E-state index is -3.52. The van der Waals surface area contributed by atoms with E-state index in [-0.39, 0.29) is 6.04 Å². The zero-order valence-electron chi connectivity index (χ0n) is 11.0. The lowest BCUT2D eigenvalue weighted by molar-refractivity contribution is 0.468. The molecule has 1 aromatic heterocycles. The van der Waals surface area contributed by atoms with Crippen LogP contribution in [0.3, 0.4) is 0 Å². The maximum atomic E-state index is 11.9. The number of hydrogen-bond acceptors (Lipinski definition) is 4. The van der Waals surface area contributed by atoms with E-state index in [1.54, 1.807) is 10.9 Å². The smallest absolute Gasteiger partial charge is 0.301 e. The molecule has 0 aliphatic carbocycles. The van der Waals surface area contributed by atoms with Crippen molar-refractivity contribution in [2.75, 3.05) is 24.9 Å². The summed E-state index contributed by atoms with van der Waals surface area (Å²) >= 11 is 0. The summed E-state index contributed by atoms with van der Waals surface area (Å²) in [6.45, 7) is 4.80. The Bertz CT molecular complexity index is 468. The second kappa shape index (κ2) is 6.17. The van der Waals surface area contributed by atoms with E-state index >= 15 is 0 Å². The molecule has 0 saturated carbocycles. The molecule has 0 fully saturated rings. The highest BCUT2D eigenvalue weighted by atomic mass is 32.2. The summed E-state index contributed by atoms with van der Waals surface area (Å²) in [4.78, 5) is 0. The van der Waals surface area contributed by atoms with E-state index in [0.29, 0.717) is 25.2 Å². The third kappa shape index (κ3) is 3.97. The Morgan fingerprint density at radius 1 is 1.56 bits per heavy atom. The van der Waals surface area contributed by atoms with E-state index in [4.69, 9.17) is 5.73 Å². The quantitative estimate of drug-likeness (QED) is 0.753. The lowest BCUT2D eigenvalue weighted by atomic mass is 10.4. The average Bonchev–Trinajstić information content (AvgIpc) is 2.73. The average molecular weight is 275 g/mol. The largest absolute Gasteiger partial charge is 0.330 e. The number of aromatic nitrogens is 2. The maximum Gasteiger partial charge on any atom is 0.301 e. The van der Waals surface area contributed by atoms with Gasteiger partial charge in [-0.15, -0.1) is 0 Å². The molecule has 1 rings (SSSR count). The molecule has 1 aromatic rings. The van der Waals surface area contributed by atoms with Crippen molar-refractivity contribution in [2.45, 2.75) is 26.3 Å². The molecule has 0 aliphatic heterocycles. The standard InChI is InChI=1S/C10H21N5O2S/c1-9(2)15-8-10(7-12-15)13-18(16,17)14(3)6-4-5-11/h7-9,13H,4-6,11H2,1-3H3. The van der Waals surface area contributed by atoms with Gasteiger partial charge in [0.15, 0.2) is 0 Å². The molecule has 104 valence electrons. The Hall–Kier alpha value is -1.12. The Kier molecular flexibility index (Phi) is 5.12. The Morgan fingerprint density at radius 2 is 2.22 bits per heavy atom. The van der Waals surface area contributed by atoms with Crippen LogP contribution < -0.4 is 10.5 Å². The molecule has 3 N–H and O–H groups in total. The minimum Gasteiger partial charge on any atom is -0.330 e. The van der Waals surface area contributed by atoms with Gasteiger partial charge in [0.2, 0.25) is 0 Å². The van der Waals surface area contributed by atoms with Gasteiger partial charge in [0, 0.05) is 25.8 Å². The number of nitrogens with one attached hydrogen (secondary N) is 1. The molecule has 0 unspecified atom stereocenters. The fourth-order valence-corrected chi connectivity index (χ4v) is 2.26. The summed E-state index contributed by atoms with van der Waals surface area (Å²) in [5.74, 6) is 0. The molecule has 0 amide bonds. The predicted octanol–water partition coefficient (Wildman–Crippen LogP) is 0.401. The zero-order chi connectivity index (χ0) is 13.8. The Balaban J connectivity index is 2.69. The van der Waals surface area contributed by atoms with Gasteiger partial charge in [0.25, 0.3) is 0 Å². The summed E-state index contributed by atoms with van der Waals surface area (Å²) in [7, 11) is -2.00. The van der Waals surface area contributed by atoms with Crippen LogP contribution in [-0.4, -0.2) is 42.6 Å². The first-order valence-corrected chi connectivity index (χ1v) is 7.29. The van der Waals surface area contributed by atoms with E-state index in [1.807, 2.05) is 13.8 Å². The van der Waals surface area contributed by atoms with Crippen LogP contribution in [0.4, 0.5) is 5.69 Å². The van der Waals surface area contributed by atoms with E-state index in [1.165, 1.54) is 17.5 Å². The summed E-state index contributed by atoms with van der Waals surface area (Å²) in [5.41, 5.74) is 5.82. The van der Waals surface area contributed by atoms with E-state index < -0.39 is 10.2 Å². The lowest BCUT2D eigenvalue weighted by Gasteiger charge is -2.16. The Morgan fingerprint density at radius 3 is 2.72 bits per heavy atom. The van der Waals surface area contributed by atoms with Crippen molar-refractivity contribution >= 4 is 15.9 Å². The van der Waals surface area contributed by atoms with Gasteiger partial charge >= 0.3 is 10.2 Å². The van der Waals surface area contributed by atoms with Crippen LogP contribution in [0.1, 0.15) is 26.3 Å². The predicted molar refractivity (Wildman–Crippen MR) is 71.5 cm³/mol. The fourth-order valence-electron chi connectivity index (χ4n) is 1.33. The first-order chi connectivity index (χ1) is 8.36. The van der Waals surface area contributed by atoms with Gasteiger partial charge in [-0.05, 0) is 26.8 Å². The number of nitrogens with two attached hydrogens (primary N) is 1. The van der Waals surface area contributed by atoms with Gasteiger partial charge in [0.05, 0.1) is 11.9 Å². The third-order valence-electron chi connectivity index (χ3n) is 2.46. The van der Waals surface area contributed by atoms with Crippen molar-refractivity contribution in [3.63, 3.8) is 0 Å². The molecule has 0 aromatic carbocycles. The van der Waals surface area contributed by atoms with Gasteiger partial charge in [-0.25, -0.2) is 0 Å². The SMILES string of the molecule is CC(C)n1cc(NS(=O)(=O)N(C)CCCN)cn1. The maximum absolute atomic E-state index is 11.9. The number of anilines is 1. The van der Waals surface area contributed by atoms with Crippen molar-refractivity contribution < 1.29 is 8.42 Å². The molecular formula is C10H21N5O2S. The fraction of sp³-hybridized carbons (Fsp3) is 0.700. The molecule has 0 bridgehead atoms. The second-order valence-electron chi connectivity index (χ2n) is 4.37. The molecule has 1 heterocycles.